The quantitative estimate of drug-likeness (QED) is 0.167. The van der Waals surface area contributed by atoms with Crippen LogP contribution in [0.15, 0.2) is 192 Å². The van der Waals surface area contributed by atoms with Crippen molar-refractivity contribution >= 4 is 92.1 Å². The van der Waals surface area contributed by atoms with E-state index in [2.05, 4.69) is 187 Å². The standard InChI is InChI=1S/C50H31NOS/c1-2-14-38-35(11-1)30-44(40-16-4-3-15-39(38)40)32-23-26-36(27-24-32)51(45-19-10-21-47-50(45)43-18-5-7-20-46(43)52-47)37-13-9-12-33(29-37)34-25-28-42-41-17-6-8-22-48(41)53-49(42)31-34/h1-31H. The van der Waals surface area contributed by atoms with Gasteiger partial charge in [0.2, 0.25) is 0 Å². The van der Waals surface area contributed by atoms with Crippen LogP contribution in [-0.4, -0.2) is 0 Å². The van der Waals surface area contributed by atoms with Crippen molar-refractivity contribution in [1.29, 1.82) is 0 Å². The van der Waals surface area contributed by atoms with Gasteiger partial charge in [0, 0.05) is 36.9 Å². The predicted octanol–water partition coefficient (Wildman–Crippen LogP) is 15.1. The number of fused-ring (bicyclic) bond motifs is 9. The predicted molar refractivity (Wildman–Crippen MR) is 227 cm³/mol. The van der Waals surface area contributed by atoms with Crippen molar-refractivity contribution < 1.29 is 4.42 Å². The second kappa shape index (κ2) is 11.9. The minimum atomic E-state index is 0.874. The maximum Gasteiger partial charge on any atom is 0.137 e. The molecule has 0 fully saturated rings. The number of thiophene rings is 1. The number of benzene rings is 9. The first-order chi connectivity index (χ1) is 26.3. The van der Waals surface area contributed by atoms with E-state index in [1.165, 1.54) is 64.0 Å². The van der Waals surface area contributed by atoms with Crippen LogP contribution in [0.25, 0.3) is 85.9 Å². The summed E-state index contributed by atoms with van der Waals surface area (Å²) in [6.45, 7) is 0. The topological polar surface area (TPSA) is 16.4 Å². The van der Waals surface area contributed by atoms with Crippen LogP contribution in [0.1, 0.15) is 0 Å². The zero-order valence-electron chi connectivity index (χ0n) is 28.7. The summed E-state index contributed by atoms with van der Waals surface area (Å²) in [5.74, 6) is 0. The lowest BCUT2D eigenvalue weighted by atomic mass is 9.93. The zero-order valence-corrected chi connectivity index (χ0v) is 29.5. The first-order valence-electron chi connectivity index (χ1n) is 18.0. The summed E-state index contributed by atoms with van der Waals surface area (Å²) >= 11 is 1.86. The zero-order chi connectivity index (χ0) is 34.9. The molecular weight excluding hydrogens is 663 g/mol. The van der Waals surface area contributed by atoms with Crippen LogP contribution in [0.5, 0.6) is 0 Å². The van der Waals surface area contributed by atoms with E-state index in [4.69, 9.17) is 4.42 Å². The lowest BCUT2D eigenvalue weighted by Gasteiger charge is -2.27. The smallest absolute Gasteiger partial charge is 0.137 e. The minimum Gasteiger partial charge on any atom is -0.456 e. The second-order valence-corrected chi connectivity index (χ2v) is 14.8. The molecule has 0 atom stereocenters. The van der Waals surface area contributed by atoms with Crippen LogP contribution in [0.4, 0.5) is 17.1 Å². The number of nitrogens with zero attached hydrogens (tertiary/aromatic N) is 1. The molecule has 0 aliphatic rings. The lowest BCUT2D eigenvalue weighted by Crippen LogP contribution is -2.10. The van der Waals surface area contributed by atoms with Crippen molar-refractivity contribution in [2.75, 3.05) is 4.90 Å². The minimum absolute atomic E-state index is 0.874. The normalized spacial score (nSPS) is 11.8. The largest absolute Gasteiger partial charge is 0.456 e. The average molecular weight is 694 g/mol. The molecule has 0 saturated heterocycles. The molecule has 2 aromatic heterocycles. The van der Waals surface area contributed by atoms with Crippen molar-refractivity contribution in [3.8, 4) is 22.3 Å². The summed E-state index contributed by atoms with van der Waals surface area (Å²) in [7, 11) is 0. The molecule has 0 N–H and O–H groups in total. The molecule has 11 aromatic rings. The molecule has 0 aliphatic heterocycles. The van der Waals surface area contributed by atoms with Gasteiger partial charge in [-0.1, -0.05) is 127 Å². The van der Waals surface area contributed by atoms with Crippen molar-refractivity contribution in [3.63, 3.8) is 0 Å². The van der Waals surface area contributed by atoms with E-state index >= 15 is 0 Å². The molecule has 0 spiro atoms. The van der Waals surface area contributed by atoms with Gasteiger partial charge in [-0.25, -0.2) is 0 Å². The van der Waals surface area contributed by atoms with E-state index in [-0.39, 0.29) is 0 Å². The maximum absolute atomic E-state index is 6.40. The van der Waals surface area contributed by atoms with Gasteiger partial charge in [-0.05, 0) is 104 Å². The third kappa shape index (κ3) is 4.86. The van der Waals surface area contributed by atoms with E-state index < -0.39 is 0 Å². The molecule has 0 bridgehead atoms. The number of rotatable bonds is 5. The van der Waals surface area contributed by atoms with E-state index in [0.717, 1.165) is 39.0 Å². The van der Waals surface area contributed by atoms with Crippen LogP contribution >= 0.6 is 11.3 Å². The summed E-state index contributed by atoms with van der Waals surface area (Å²) in [5.41, 5.74) is 9.81. The molecule has 0 saturated carbocycles. The molecule has 2 nitrogen and oxygen atoms in total. The third-order valence-corrected chi connectivity index (χ3v) is 11.8. The highest BCUT2D eigenvalue weighted by molar-refractivity contribution is 7.25. The van der Waals surface area contributed by atoms with Crippen LogP contribution in [0.3, 0.4) is 0 Å². The summed E-state index contributed by atoms with van der Waals surface area (Å²) < 4.78 is 9.02. The lowest BCUT2D eigenvalue weighted by molar-refractivity contribution is 0.669. The first-order valence-corrected chi connectivity index (χ1v) is 18.8. The monoisotopic (exact) mass is 693 g/mol. The summed E-state index contributed by atoms with van der Waals surface area (Å²) in [4.78, 5) is 2.38. The molecule has 0 amide bonds. The van der Waals surface area contributed by atoms with E-state index in [1.54, 1.807) is 0 Å². The van der Waals surface area contributed by atoms with Crippen molar-refractivity contribution in [2.45, 2.75) is 0 Å². The highest BCUT2D eigenvalue weighted by Crippen LogP contribution is 2.45. The highest BCUT2D eigenvalue weighted by Gasteiger charge is 2.20. The molecule has 0 aliphatic carbocycles. The Kier molecular flexibility index (Phi) is 6.76. The number of para-hydroxylation sites is 1. The Balaban J connectivity index is 1.09. The Morgan fingerprint density at radius 1 is 0.377 bits per heavy atom. The van der Waals surface area contributed by atoms with Gasteiger partial charge in [-0.2, -0.15) is 0 Å². The Bertz CT molecular complexity index is 3190. The molecule has 53 heavy (non-hydrogen) atoms. The summed E-state index contributed by atoms with van der Waals surface area (Å²) in [6.07, 6.45) is 0. The Labute approximate surface area is 310 Å². The number of hydrogen-bond acceptors (Lipinski definition) is 3. The molecule has 9 aromatic carbocycles. The number of anilines is 3. The van der Waals surface area contributed by atoms with Gasteiger partial charge in [0.15, 0.2) is 0 Å². The first kappa shape index (κ1) is 30.0. The molecular formula is C50H31NOS. The summed E-state index contributed by atoms with van der Waals surface area (Å²) in [5, 5.41) is 9.89. The molecule has 248 valence electrons. The molecule has 2 heterocycles. The maximum atomic E-state index is 6.40. The van der Waals surface area contributed by atoms with Gasteiger partial charge in [0.1, 0.15) is 11.2 Å². The van der Waals surface area contributed by atoms with Crippen LogP contribution in [-0.2, 0) is 0 Å². The van der Waals surface area contributed by atoms with Gasteiger partial charge in [0.25, 0.3) is 0 Å². The number of hydrogen-bond donors (Lipinski definition) is 0. The van der Waals surface area contributed by atoms with E-state index in [0.29, 0.717) is 0 Å². The van der Waals surface area contributed by atoms with Crippen molar-refractivity contribution in [1.82, 2.24) is 0 Å². The Morgan fingerprint density at radius 3 is 1.92 bits per heavy atom. The fourth-order valence-corrected chi connectivity index (χ4v) is 9.33. The number of furan rings is 1. The van der Waals surface area contributed by atoms with Crippen LogP contribution < -0.4 is 4.90 Å². The third-order valence-electron chi connectivity index (χ3n) is 10.6. The van der Waals surface area contributed by atoms with Crippen molar-refractivity contribution in [3.05, 3.63) is 188 Å². The molecule has 0 unspecified atom stereocenters. The van der Waals surface area contributed by atoms with Crippen LogP contribution in [0, 0.1) is 0 Å². The SMILES string of the molecule is c1cc(-c2ccc3c(c2)sc2ccccc23)cc(N(c2ccc(-c3cc4ccccc4c4ccccc34)cc2)c2cccc3oc4ccccc4c23)c1. The van der Waals surface area contributed by atoms with Crippen LogP contribution in [0.2, 0.25) is 0 Å². The molecule has 11 rings (SSSR count). The second-order valence-electron chi connectivity index (χ2n) is 13.7. The Hall–Kier alpha value is -6.68. The van der Waals surface area contributed by atoms with E-state index in [1.807, 2.05) is 17.4 Å². The van der Waals surface area contributed by atoms with Crippen molar-refractivity contribution in [2.24, 2.45) is 0 Å². The van der Waals surface area contributed by atoms with Gasteiger partial charge in [-0.3, -0.25) is 0 Å². The fourth-order valence-electron chi connectivity index (χ4n) is 8.18. The highest BCUT2D eigenvalue weighted by atomic mass is 32.1. The van der Waals surface area contributed by atoms with Gasteiger partial charge in [-0.15, -0.1) is 11.3 Å². The Morgan fingerprint density at radius 2 is 1.04 bits per heavy atom. The van der Waals surface area contributed by atoms with Gasteiger partial charge in [0.05, 0.1) is 11.1 Å². The van der Waals surface area contributed by atoms with Gasteiger partial charge >= 0.3 is 0 Å². The van der Waals surface area contributed by atoms with E-state index in [9.17, 15) is 0 Å². The van der Waals surface area contributed by atoms with Gasteiger partial charge < -0.3 is 9.32 Å². The average Bonchev–Trinajstić information content (AvgIpc) is 3.80. The summed E-state index contributed by atoms with van der Waals surface area (Å²) in [6, 6.07) is 68.0. The fraction of sp³-hybridized carbons (Fsp3) is 0. The molecule has 3 heteroatoms. The molecule has 0 radical (unpaired) electrons.